The van der Waals surface area contributed by atoms with Gasteiger partial charge >= 0.3 is 0 Å². The van der Waals surface area contributed by atoms with E-state index in [2.05, 4.69) is 10.1 Å². The number of nitrogens with zero attached hydrogens (tertiary/aromatic N) is 3. The van der Waals surface area contributed by atoms with E-state index in [9.17, 15) is 27.9 Å². The lowest BCUT2D eigenvalue weighted by Gasteiger charge is -2.38. The molecule has 3 aliphatic carbocycles. The Balaban J connectivity index is 1.76. The van der Waals surface area contributed by atoms with Crippen molar-refractivity contribution in [1.29, 1.82) is 0 Å². The Morgan fingerprint density at radius 3 is 1.85 bits per heavy atom. The highest BCUT2D eigenvalue weighted by molar-refractivity contribution is 7.90. The van der Waals surface area contributed by atoms with Crippen LogP contribution in [0.2, 0.25) is 0 Å². The van der Waals surface area contributed by atoms with Crippen LogP contribution in [0.4, 0.5) is 0 Å². The molecule has 5 unspecified atom stereocenters. The van der Waals surface area contributed by atoms with Crippen LogP contribution >= 0.6 is 0 Å². The monoisotopic (exact) mass is 669 g/mol. The van der Waals surface area contributed by atoms with Crippen LogP contribution in [0.5, 0.6) is 0 Å². The molecular weight excluding hydrogens is 606 g/mol. The molecule has 3 rings (SSSR count). The minimum absolute atomic E-state index is 0.0171. The van der Waals surface area contributed by atoms with Gasteiger partial charge in [0, 0.05) is 58.5 Å². The van der Waals surface area contributed by atoms with Gasteiger partial charge in [-0.05, 0) is 57.3 Å². The van der Waals surface area contributed by atoms with Crippen LogP contribution in [-0.4, -0.2) is 104 Å². The Kier molecular flexibility index (Phi) is 15.7. The first-order valence-electron chi connectivity index (χ1n) is 18.1. The fourth-order valence-electron chi connectivity index (χ4n) is 7.94. The largest absolute Gasteiger partial charge is 0.390 e. The molecule has 3 fully saturated rings. The molecule has 5 atom stereocenters. The molecule has 0 saturated heterocycles. The summed E-state index contributed by atoms with van der Waals surface area (Å²) < 4.78 is 26.1. The number of aliphatic hydroxyl groups excluding tert-OH is 1. The molecule has 0 spiro atoms. The number of sulfonamides is 1. The number of rotatable bonds is 16. The van der Waals surface area contributed by atoms with Crippen LogP contribution < -0.4 is 10.1 Å². The maximum Gasteiger partial charge on any atom is 0.227 e. The van der Waals surface area contributed by atoms with E-state index in [1.165, 1.54) is 11.4 Å². The Hall–Kier alpha value is -1.76. The summed E-state index contributed by atoms with van der Waals surface area (Å²) in [7, 11) is 1.47. The van der Waals surface area contributed by atoms with E-state index < -0.39 is 45.2 Å². The van der Waals surface area contributed by atoms with E-state index in [1.54, 1.807) is 26.0 Å². The average molecular weight is 670 g/mol. The van der Waals surface area contributed by atoms with Gasteiger partial charge in [0.2, 0.25) is 27.7 Å². The van der Waals surface area contributed by atoms with Crippen molar-refractivity contribution >= 4 is 27.7 Å². The molecule has 0 aromatic rings. The van der Waals surface area contributed by atoms with Crippen LogP contribution in [0, 0.1) is 23.7 Å². The van der Waals surface area contributed by atoms with E-state index in [1.807, 2.05) is 18.7 Å². The second-order valence-corrected chi connectivity index (χ2v) is 16.5. The molecule has 12 heteroatoms. The Morgan fingerprint density at radius 1 is 0.783 bits per heavy atom. The minimum Gasteiger partial charge on any atom is -0.390 e. The molecule has 266 valence electrons. The molecular formula is C34H63N5O6S. The first-order valence-corrected chi connectivity index (χ1v) is 19.6. The van der Waals surface area contributed by atoms with Gasteiger partial charge in [-0.15, -0.1) is 4.83 Å². The lowest BCUT2D eigenvalue weighted by atomic mass is 9.73. The summed E-state index contributed by atoms with van der Waals surface area (Å²) >= 11 is 0. The minimum atomic E-state index is -3.57. The molecule has 3 aliphatic rings. The quantitative estimate of drug-likeness (QED) is 0.213. The average Bonchev–Trinajstić information content (AvgIpc) is 3.03. The maximum atomic E-state index is 14.0. The molecule has 0 aliphatic heterocycles. The van der Waals surface area contributed by atoms with Gasteiger partial charge in [0.25, 0.3) is 0 Å². The van der Waals surface area contributed by atoms with Crippen molar-refractivity contribution in [3.63, 3.8) is 0 Å². The number of hydrogen-bond acceptors (Lipinski definition) is 7. The molecule has 0 aromatic heterocycles. The van der Waals surface area contributed by atoms with Crippen molar-refractivity contribution in [2.75, 3.05) is 40.8 Å². The van der Waals surface area contributed by atoms with Crippen molar-refractivity contribution in [2.24, 2.45) is 23.7 Å². The number of hydrazine groups is 1. The lowest BCUT2D eigenvalue weighted by Crippen LogP contribution is -2.54. The predicted octanol–water partition coefficient (Wildman–Crippen LogP) is 3.67. The number of likely N-dealkylation sites (N-methyl/N-ethyl adjacent to an activating group) is 1. The summed E-state index contributed by atoms with van der Waals surface area (Å²) in [6.45, 7) is 5.42. The normalized spacial score (nSPS) is 24.7. The van der Waals surface area contributed by atoms with Gasteiger partial charge in [0.15, 0.2) is 0 Å². The third-order valence-electron chi connectivity index (χ3n) is 10.4. The molecule has 46 heavy (non-hydrogen) atoms. The van der Waals surface area contributed by atoms with Crippen molar-refractivity contribution in [3.05, 3.63) is 0 Å². The van der Waals surface area contributed by atoms with Crippen molar-refractivity contribution in [1.82, 2.24) is 25.0 Å². The number of carbonyl (C=O) groups is 3. The van der Waals surface area contributed by atoms with Gasteiger partial charge in [0.1, 0.15) is 0 Å². The van der Waals surface area contributed by atoms with Crippen LogP contribution in [0.3, 0.4) is 0 Å². The van der Waals surface area contributed by atoms with Crippen LogP contribution in [0.1, 0.15) is 117 Å². The number of nitrogens with one attached hydrogen (secondary N) is 2. The summed E-state index contributed by atoms with van der Waals surface area (Å²) in [6, 6.07) is -0.576. The Morgan fingerprint density at radius 2 is 1.30 bits per heavy atom. The summed E-state index contributed by atoms with van der Waals surface area (Å²) in [5, 5.41) is 15.7. The molecule has 0 radical (unpaired) electrons. The van der Waals surface area contributed by atoms with Crippen molar-refractivity contribution in [3.8, 4) is 0 Å². The zero-order chi connectivity index (χ0) is 33.9. The highest BCUT2D eigenvalue weighted by Crippen LogP contribution is 2.36. The second kappa shape index (κ2) is 18.7. The third kappa shape index (κ3) is 11.4. The third-order valence-corrected chi connectivity index (χ3v) is 12.3. The molecule has 0 bridgehead atoms. The molecule has 3 N–H and O–H groups in total. The maximum absolute atomic E-state index is 14.0. The standard InChI is InChI=1S/C34H63N5O6S/c1-6-18-39(19-7-2)34(43)28-22-26(21-27(23-28)33(42)37(3)4)32(41)35-30(20-25-14-10-8-11-15-25)31(40)24-38(5)36-46(44,45)29-16-12-9-13-17-29/h25-31,36,40H,6-24H2,1-5H3,(H,35,41). The van der Waals surface area contributed by atoms with Crippen molar-refractivity contribution in [2.45, 2.75) is 134 Å². The number of hydrogen-bond donors (Lipinski definition) is 3. The van der Waals surface area contributed by atoms with E-state index in [-0.39, 0.29) is 24.3 Å². The zero-order valence-corrected chi connectivity index (χ0v) is 30.0. The summed E-state index contributed by atoms with van der Waals surface area (Å²) in [5.74, 6) is -1.32. The first-order chi connectivity index (χ1) is 21.9. The number of amides is 3. The van der Waals surface area contributed by atoms with Crippen molar-refractivity contribution < 1.29 is 27.9 Å². The van der Waals surface area contributed by atoms with Gasteiger partial charge in [0.05, 0.1) is 17.4 Å². The van der Waals surface area contributed by atoms with Gasteiger partial charge in [-0.25, -0.2) is 13.4 Å². The van der Waals surface area contributed by atoms with Gasteiger partial charge in [-0.2, -0.15) is 0 Å². The van der Waals surface area contributed by atoms with E-state index in [0.29, 0.717) is 57.5 Å². The second-order valence-electron chi connectivity index (χ2n) is 14.6. The molecule has 3 saturated carbocycles. The number of aliphatic hydroxyl groups is 1. The summed E-state index contributed by atoms with van der Waals surface area (Å²) in [5.41, 5.74) is 0. The highest BCUT2D eigenvalue weighted by Gasteiger charge is 2.41. The SMILES string of the molecule is CCCN(CCC)C(=O)C1CC(C(=O)NC(CC2CCCCC2)C(O)CN(C)NS(=O)(=O)C2CCCCC2)CC(C(=O)N(C)C)C1. The van der Waals surface area contributed by atoms with Crippen LogP contribution in [-0.2, 0) is 24.4 Å². The molecule has 0 heterocycles. The smallest absolute Gasteiger partial charge is 0.227 e. The topological polar surface area (TPSA) is 139 Å². The predicted molar refractivity (Wildman–Crippen MR) is 181 cm³/mol. The molecule has 0 aromatic carbocycles. The highest BCUT2D eigenvalue weighted by atomic mass is 32.2. The molecule has 3 amide bonds. The first kappa shape index (κ1) is 38.7. The fraction of sp³-hybridized carbons (Fsp3) is 0.912. The number of carbonyl (C=O) groups excluding carboxylic acids is 3. The van der Waals surface area contributed by atoms with Gasteiger partial charge in [-0.3, -0.25) is 14.4 Å². The van der Waals surface area contributed by atoms with E-state index >= 15 is 0 Å². The van der Waals surface area contributed by atoms with Gasteiger partial charge in [-0.1, -0.05) is 65.2 Å². The molecule has 11 nitrogen and oxygen atoms in total. The van der Waals surface area contributed by atoms with Gasteiger partial charge < -0.3 is 20.2 Å². The van der Waals surface area contributed by atoms with Crippen LogP contribution in [0.15, 0.2) is 0 Å². The van der Waals surface area contributed by atoms with E-state index in [4.69, 9.17) is 0 Å². The van der Waals surface area contributed by atoms with E-state index in [0.717, 1.165) is 57.8 Å². The van der Waals surface area contributed by atoms with Crippen LogP contribution in [0.25, 0.3) is 0 Å². The summed E-state index contributed by atoms with van der Waals surface area (Å²) in [6.07, 6.45) is 12.1. The Bertz CT molecular complexity index is 1070. The summed E-state index contributed by atoms with van der Waals surface area (Å²) in [4.78, 5) is 46.9. The Labute approximate surface area is 278 Å². The lowest BCUT2D eigenvalue weighted by molar-refractivity contribution is -0.143. The fourth-order valence-corrected chi connectivity index (χ4v) is 9.55. The zero-order valence-electron chi connectivity index (χ0n) is 29.2.